The molecular formula is C8H12N2O. The number of phenols is 1. The lowest BCUT2D eigenvalue weighted by Crippen LogP contribution is -2.24. The summed E-state index contributed by atoms with van der Waals surface area (Å²) in [6.45, 7) is 0.448. The summed E-state index contributed by atoms with van der Waals surface area (Å²) in [5.41, 5.74) is 6.32. The van der Waals surface area contributed by atoms with Crippen LogP contribution in [-0.2, 0) is 0 Å². The molecule has 0 saturated heterocycles. The van der Waals surface area contributed by atoms with Crippen LogP contribution in [-0.4, -0.2) is 18.8 Å². The molecule has 1 rings (SSSR count). The zero-order valence-corrected chi connectivity index (χ0v) is 6.49. The lowest BCUT2D eigenvalue weighted by Gasteiger charge is -2.15. The topological polar surface area (TPSA) is 49.5 Å². The molecule has 11 heavy (non-hydrogen) atoms. The van der Waals surface area contributed by atoms with E-state index in [9.17, 15) is 0 Å². The molecule has 60 valence electrons. The van der Waals surface area contributed by atoms with Gasteiger partial charge in [0.25, 0.3) is 0 Å². The van der Waals surface area contributed by atoms with Gasteiger partial charge in [-0.15, -0.1) is 0 Å². The lowest BCUT2D eigenvalue weighted by molar-refractivity contribution is 0.475. The minimum absolute atomic E-state index is 0.266. The fourth-order valence-electron chi connectivity index (χ4n) is 0.836. The van der Waals surface area contributed by atoms with Gasteiger partial charge < -0.3 is 15.7 Å². The molecule has 3 heteroatoms. The average molecular weight is 152 g/mol. The van der Waals surface area contributed by atoms with Crippen molar-refractivity contribution in [1.29, 1.82) is 0 Å². The third-order valence-corrected chi connectivity index (χ3v) is 1.54. The molecule has 0 heterocycles. The van der Waals surface area contributed by atoms with Crippen LogP contribution < -0.4 is 10.6 Å². The van der Waals surface area contributed by atoms with Crippen molar-refractivity contribution in [2.75, 3.05) is 18.6 Å². The minimum atomic E-state index is 0.266. The second-order valence-corrected chi connectivity index (χ2v) is 2.40. The monoisotopic (exact) mass is 152 g/mol. The van der Waals surface area contributed by atoms with Gasteiger partial charge in [-0.05, 0) is 12.1 Å². The van der Waals surface area contributed by atoms with Crippen molar-refractivity contribution >= 4 is 5.69 Å². The first kappa shape index (κ1) is 7.88. The Morgan fingerprint density at radius 1 is 1.55 bits per heavy atom. The molecule has 0 fully saturated rings. The van der Waals surface area contributed by atoms with Crippen LogP contribution in [0, 0.1) is 0 Å². The summed E-state index contributed by atoms with van der Waals surface area (Å²) in [5.74, 6) is 0.266. The zero-order chi connectivity index (χ0) is 8.27. The van der Waals surface area contributed by atoms with Crippen molar-refractivity contribution < 1.29 is 5.11 Å². The predicted octanol–water partition coefficient (Wildman–Crippen LogP) is 0.745. The number of rotatable bonds is 2. The Bertz CT molecular complexity index is 237. The van der Waals surface area contributed by atoms with E-state index < -0.39 is 0 Å². The molecule has 3 N–H and O–H groups in total. The van der Waals surface area contributed by atoms with E-state index in [4.69, 9.17) is 10.8 Å². The SMILES string of the molecule is CN(CN)c1cccc(O)c1. The molecule has 0 radical (unpaired) electrons. The first-order valence-electron chi connectivity index (χ1n) is 3.44. The summed E-state index contributed by atoms with van der Waals surface area (Å²) in [6.07, 6.45) is 0. The first-order chi connectivity index (χ1) is 5.24. The van der Waals surface area contributed by atoms with Gasteiger partial charge in [-0.3, -0.25) is 0 Å². The molecule has 1 aromatic rings. The summed E-state index contributed by atoms with van der Waals surface area (Å²) in [5, 5.41) is 9.09. The number of nitrogens with zero attached hydrogens (tertiary/aromatic N) is 1. The Kier molecular flexibility index (Phi) is 2.33. The highest BCUT2D eigenvalue weighted by Crippen LogP contribution is 2.17. The van der Waals surface area contributed by atoms with E-state index in [0.717, 1.165) is 5.69 Å². The summed E-state index contributed by atoms with van der Waals surface area (Å²) in [6, 6.07) is 6.99. The zero-order valence-electron chi connectivity index (χ0n) is 6.49. The standard InChI is InChI=1S/C8H12N2O/c1-10(6-9)7-3-2-4-8(11)5-7/h2-5,11H,6,9H2,1H3. The fraction of sp³-hybridized carbons (Fsp3) is 0.250. The molecule has 0 atom stereocenters. The summed E-state index contributed by atoms with van der Waals surface area (Å²) in [4.78, 5) is 1.85. The van der Waals surface area contributed by atoms with Crippen LogP contribution in [0.5, 0.6) is 5.75 Å². The molecule has 0 bridgehead atoms. The van der Waals surface area contributed by atoms with Crippen molar-refractivity contribution in [2.45, 2.75) is 0 Å². The minimum Gasteiger partial charge on any atom is -0.508 e. The maximum Gasteiger partial charge on any atom is 0.117 e. The Morgan fingerprint density at radius 3 is 2.82 bits per heavy atom. The molecule has 0 amide bonds. The normalized spacial score (nSPS) is 9.64. The predicted molar refractivity (Wildman–Crippen MR) is 45.6 cm³/mol. The number of anilines is 1. The van der Waals surface area contributed by atoms with Gasteiger partial charge >= 0.3 is 0 Å². The Balaban J connectivity index is 2.86. The van der Waals surface area contributed by atoms with E-state index in [1.165, 1.54) is 0 Å². The van der Waals surface area contributed by atoms with Gasteiger partial charge in [-0.1, -0.05) is 6.07 Å². The molecule has 3 nitrogen and oxygen atoms in total. The van der Waals surface area contributed by atoms with E-state index in [-0.39, 0.29) is 5.75 Å². The summed E-state index contributed by atoms with van der Waals surface area (Å²) in [7, 11) is 1.87. The van der Waals surface area contributed by atoms with E-state index >= 15 is 0 Å². The van der Waals surface area contributed by atoms with E-state index in [1.54, 1.807) is 18.2 Å². The fourth-order valence-corrected chi connectivity index (χ4v) is 0.836. The van der Waals surface area contributed by atoms with Crippen LogP contribution in [0.1, 0.15) is 0 Å². The van der Waals surface area contributed by atoms with E-state index in [0.29, 0.717) is 6.67 Å². The molecule has 0 unspecified atom stereocenters. The molecule has 1 aromatic carbocycles. The number of hydrogen-bond acceptors (Lipinski definition) is 3. The van der Waals surface area contributed by atoms with Gasteiger partial charge in [0.05, 0.1) is 6.67 Å². The first-order valence-corrected chi connectivity index (χ1v) is 3.44. The number of aromatic hydroxyl groups is 1. The van der Waals surface area contributed by atoms with Crippen molar-refractivity contribution in [1.82, 2.24) is 0 Å². The molecular weight excluding hydrogens is 140 g/mol. The second-order valence-electron chi connectivity index (χ2n) is 2.40. The van der Waals surface area contributed by atoms with Crippen LogP contribution in [0.25, 0.3) is 0 Å². The molecule has 0 spiro atoms. The Morgan fingerprint density at radius 2 is 2.27 bits per heavy atom. The van der Waals surface area contributed by atoms with Crippen LogP contribution in [0.15, 0.2) is 24.3 Å². The van der Waals surface area contributed by atoms with Crippen LogP contribution in [0.2, 0.25) is 0 Å². The number of hydrogen-bond donors (Lipinski definition) is 2. The van der Waals surface area contributed by atoms with Crippen LogP contribution in [0.3, 0.4) is 0 Å². The van der Waals surface area contributed by atoms with E-state index in [1.807, 2.05) is 18.0 Å². The van der Waals surface area contributed by atoms with Gasteiger partial charge in [0, 0.05) is 18.8 Å². The van der Waals surface area contributed by atoms with Crippen molar-refractivity contribution in [2.24, 2.45) is 5.73 Å². The number of benzene rings is 1. The smallest absolute Gasteiger partial charge is 0.117 e. The Hall–Kier alpha value is -1.22. The highest BCUT2D eigenvalue weighted by Gasteiger charge is 1.97. The maximum absolute atomic E-state index is 9.09. The van der Waals surface area contributed by atoms with Crippen LogP contribution in [0.4, 0.5) is 5.69 Å². The molecule has 0 aliphatic heterocycles. The average Bonchev–Trinajstić information content (AvgIpc) is 2.03. The van der Waals surface area contributed by atoms with Crippen LogP contribution >= 0.6 is 0 Å². The van der Waals surface area contributed by atoms with Crippen molar-refractivity contribution in [3.05, 3.63) is 24.3 Å². The summed E-state index contributed by atoms with van der Waals surface area (Å²) >= 11 is 0. The third-order valence-electron chi connectivity index (χ3n) is 1.54. The number of phenolic OH excluding ortho intramolecular Hbond substituents is 1. The highest BCUT2D eigenvalue weighted by atomic mass is 16.3. The lowest BCUT2D eigenvalue weighted by atomic mass is 10.3. The quantitative estimate of drug-likeness (QED) is 0.615. The molecule has 0 aliphatic rings. The highest BCUT2D eigenvalue weighted by molar-refractivity contribution is 5.49. The van der Waals surface area contributed by atoms with Crippen molar-refractivity contribution in [3.8, 4) is 5.75 Å². The summed E-state index contributed by atoms with van der Waals surface area (Å²) < 4.78 is 0. The molecule has 0 aromatic heterocycles. The Labute approximate surface area is 66.1 Å². The molecule has 0 saturated carbocycles. The van der Waals surface area contributed by atoms with Gasteiger partial charge in [0.1, 0.15) is 5.75 Å². The maximum atomic E-state index is 9.09. The largest absolute Gasteiger partial charge is 0.508 e. The van der Waals surface area contributed by atoms with Crippen molar-refractivity contribution in [3.63, 3.8) is 0 Å². The molecule has 0 aliphatic carbocycles. The van der Waals surface area contributed by atoms with Gasteiger partial charge in [0.2, 0.25) is 0 Å². The van der Waals surface area contributed by atoms with Gasteiger partial charge in [-0.2, -0.15) is 0 Å². The van der Waals surface area contributed by atoms with Gasteiger partial charge in [0.15, 0.2) is 0 Å². The van der Waals surface area contributed by atoms with E-state index in [2.05, 4.69) is 0 Å². The second kappa shape index (κ2) is 3.25. The third kappa shape index (κ3) is 1.85. The van der Waals surface area contributed by atoms with Gasteiger partial charge in [-0.25, -0.2) is 0 Å². The number of nitrogens with two attached hydrogens (primary N) is 1.